The molecule has 0 radical (unpaired) electrons. The number of likely N-dealkylation sites (tertiary alicyclic amines) is 1. The first-order valence-electron chi connectivity index (χ1n) is 8.07. The van der Waals surface area contributed by atoms with E-state index in [0.29, 0.717) is 19.1 Å². The van der Waals surface area contributed by atoms with Crippen molar-refractivity contribution in [3.05, 3.63) is 20.8 Å². The summed E-state index contributed by atoms with van der Waals surface area (Å²) in [4.78, 5) is 8.40. The number of halogens is 1. The second-order valence-corrected chi connectivity index (χ2v) is 8.09. The third-order valence-corrected chi connectivity index (χ3v) is 5.33. The number of nitrogens with one attached hydrogen (secondary N) is 1. The van der Waals surface area contributed by atoms with Gasteiger partial charge in [0.25, 0.3) is 0 Å². The molecule has 2 rings (SSSR count). The summed E-state index contributed by atoms with van der Waals surface area (Å²) in [6, 6.07) is 4.20. The number of ether oxygens (including phenoxy) is 2. The van der Waals surface area contributed by atoms with Gasteiger partial charge < -0.3 is 19.7 Å². The minimum Gasteiger partial charge on any atom is -0.382 e. The molecule has 1 N–H and O–H groups in total. The normalized spacial score (nSPS) is 18.7. The van der Waals surface area contributed by atoms with Crippen LogP contribution in [0.1, 0.15) is 18.2 Å². The fourth-order valence-electron chi connectivity index (χ4n) is 2.57. The van der Waals surface area contributed by atoms with Crippen molar-refractivity contribution in [3.8, 4) is 0 Å². The largest absolute Gasteiger partial charge is 0.382 e. The van der Waals surface area contributed by atoms with E-state index >= 15 is 0 Å². The van der Waals surface area contributed by atoms with Crippen LogP contribution in [0.15, 0.2) is 20.9 Å². The maximum atomic E-state index is 5.66. The molecule has 0 bridgehead atoms. The van der Waals surface area contributed by atoms with E-state index in [9.17, 15) is 0 Å². The van der Waals surface area contributed by atoms with Gasteiger partial charge in [-0.15, -0.1) is 11.3 Å². The van der Waals surface area contributed by atoms with Gasteiger partial charge in [0.1, 0.15) is 0 Å². The predicted molar refractivity (Wildman–Crippen MR) is 99.2 cm³/mol. The molecule has 1 unspecified atom stereocenters. The van der Waals surface area contributed by atoms with Crippen LogP contribution in [0.3, 0.4) is 0 Å². The van der Waals surface area contributed by atoms with E-state index < -0.39 is 0 Å². The maximum absolute atomic E-state index is 5.66. The summed E-state index contributed by atoms with van der Waals surface area (Å²) in [6.45, 7) is 7.91. The Labute approximate surface area is 151 Å². The Morgan fingerprint density at radius 2 is 2.35 bits per heavy atom. The number of hydrogen-bond acceptors (Lipinski definition) is 4. The van der Waals surface area contributed by atoms with Crippen LogP contribution in [-0.2, 0) is 16.0 Å². The number of nitrogens with zero attached hydrogens (tertiary/aromatic N) is 2. The highest BCUT2D eigenvalue weighted by Gasteiger charge is 2.24. The van der Waals surface area contributed by atoms with Crippen LogP contribution in [0.4, 0.5) is 0 Å². The molecule has 0 amide bonds. The van der Waals surface area contributed by atoms with Crippen molar-refractivity contribution in [2.75, 3.05) is 46.6 Å². The van der Waals surface area contributed by atoms with E-state index in [1.165, 1.54) is 4.88 Å². The quantitative estimate of drug-likeness (QED) is 0.411. The smallest absolute Gasteiger partial charge is 0.194 e. The molecule has 5 nitrogen and oxygen atoms in total. The van der Waals surface area contributed by atoms with Crippen LogP contribution < -0.4 is 5.32 Å². The molecule has 0 saturated carbocycles. The van der Waals surface area contributed by atoms with Crippen molar-refractivity contribution in [3.63, 3.8) is 0 Å². The van der Waals surface area contributed by atoms with Crippen molar-refractivity contribution >= 4 is 33.2 Å². The Kier molecular flexibility index (Phi) is 8.36. The summed E-state index contributed by atoms with van der Waals surface area (Å²) in [6.07, 6.45) is 1.15. The summed E-state index contributed by atoms with van der Waals surface area (Å²) in [5.74, 6) is 1.59. The lowest BCUT2D eigenvalue weighted by molar-refractivity contribution is 0.0536. The van der Waals surface area contributed by atoms with Crippen LogP contribution in [0.25, 0.3) is 0 Å². The molecule has 0 aliphatic carbocycles. The molecule has 2 heterocycles. The van der Waals surface area contributed by atoms with Crippen LogP contribution >= 0.6 is 27.3 Å². The number of methoxy groups -OCH3 is 1. The maximum Gasteiger partial charge on any atom is 0.194 e. The number of guanidine groups is 1. The first kappa shape index (κ1) is 18.7. The van der Waals surface area contributed by atoms with E-state index in [4.69, 9.17) is 14.5 Å². The van der Waals surface area contributed by atoms with E-state index in [1.807, 2.05) is 0 Å². The van der Waals surface area contributed by atoms with Crippen LogP contribution in [0.2, 0.25) is 0 Å². The lowest BCUT2D eigenvalue weighted by Crippen LogP contribution is -2.40. The van der Waals surface area contributed by atoms with E-state index in [2.05, 4.69) is 45.2 Å². The van der Waals surface area contributed by atoms with Gasteiger partial charge in [0.15, 0.2) is 5.96 Å². The number of thiophene rings is 1. The second-order valence-electron chi connectivity index (χ2n) is 5.54. The molecule has 1 saturated heterocycles. The number of aliphatic imine (C=N–C) groups is 1. The molecule has 1 aliphatic heterocycles. The molecule has 1 fully saturated rings. The molecule has 1 aromatic heterocycles. The molecule has 23 heavy (non-hydrogen) atoms. The minimum atomic E-state index is 0.576. The summed E-state index contributed by atoms with van der Waals surface area (Å²) >= 11 is 5.24. The molecule has 1 atom stereocenters. The van der Waals surface area contributed by atoms with Crippen molar-refractivity contribution in [1.29, 1.82) is 0 Å². The summed E-state index contributed by atoms with van der Waals surface area (Å²) in [5, 5.41) is 3.41. The zero-order valence-corrected chi connectivity index (χ0v) is 16.3. The molecular weight excluding hydrogens is 378 g/mol. The van der Waals surface area contributed by atoms with Gasteiger partial charge in [-0.2, -0.15) is 0 Å². The summed E-state index contributed by atoms with van der Waals surface area (Å²) in [7, 11) is 1.70. The van der Waals surface area contributed by atoms with Gasteiger partial charge in [-0.1, -0.05) is 0 Å². The third kappa shape index (κ3) is 6.41. The first-order chi connectivity index (χ1) is 11.2. The Morgan fingerprint density at radius 3 is 3.04 bits per heavy atom. The lowest BCUT2D eigenvalue weighted by atomic mass is 10.1. The minimum absolute atomic E-state index is 0.576. The topological polar surface area (TPSA) is 46.1 Å². The van der Waals surface area contributed by atoms with Crippen molar-refractivity contribution in [1.82, 2.24) is 10.2 Å². The molecule has 130 valence electrons. The van der Waals surface area contributed by atoms with E-state index in [-0.39, 0.29) is 0 Å². The van der Waals surface area contributed by atoms with Gasteiger partial charge in [0, 0.05) is 37.5 Å². The fourth-order valence-corrected chi connectivity index (χ4v) is 3.98. The van der Waals surface area contributed by atoms with E-state index in [0.717, 1.165) is 49.0 Å². The third-order valence-electron chi connectivity index (χ3n) is 3.72. The van der Waals surface area contributed by atoms with Gasteiger partial charge in [-0.05, 0) is 41.4 Å². The molecule has 0 aromatic carbocycles. The van der Waals surface area contributed by atoms with E-state index in [1.54, 1.807) is 18.4 Å². The van der Waals surface area contributed by atoms with Gasteiger partial charge in [0.05, 0.1) is 30.2 Å². The highest BCUT2D eigenvalue weighted by atomic mass is 79.9. The molecule has 7 heteroatoms. The average Bonchev–Trinajstić information content (AvgIpc) is 3.17. The van der Waals surface area contributed by atoms with Crippen LogP contribution in [0, 0.1) is 5.92 Å². The van der Waals surface area contributed by atoms with Crippen molar-refractivity contribution in [2.45, 2.75) is 19.9 Å². The zero-order chi connectivity index (χ0) is 16.5. The lowest BCUT2D eigenvalue weighted by Gasteiger charge is -2.21. The monoisotopic (exact) mass is 403 g/mol. The van der Waals surface area contributed by atoms with Crippen LogP contribution in [-0.4, -0.2) is 57.4 Å². The Bertz CT molecular complexity index is 495. The first-order valence-corrected chi connectivity index (χ1v) is 9.68. The highest BCUT2D eigenvalue weighted by Crippen LogP contribution is 2.23. The Balaban J connectivity index is 1.83. The van der Waals surface area contributed by atoms with Crippen LogP contribution in [0.5, 0.6) is 0 Å². The van der Waals surface area contributed by atoms with Gasteiger partial charge in [0.2, 0.25) is 0 Å². The molecule has 0 spiro atoms. The molecule has 1 aliphatic rings. The highest BCUT2D eigenvalue weighted by molar-refractivity contribution is 9.11. The average molecular weight is 404 g/mol. The number of hydrogen-bond donors (Lipinski definition) is 1. The molecular formula is C16H26BrN3O2S. The summed E-state index contributed by atoms with van der Waals surface area (Å²) in [5.41, 5.74) is 0. The number of rotatable bonds is 8. The fraction of sp³-hybridized carbons (Fsp3) is 0.688. The van der Waals surface area contributed by atoms with Crippen molar-refractivity contribution in [2.24, 2.45) is 10.9 Å². The predicted octanol–water partition coefficient (Wildman–Crippen LogP) is 2.96. The molecule has 1 aromatic rings. The van der Waals surface area contributed by atoms with Gasteiger partial charge in [-0.25, -0.2) is 4.99 Å². The summed E-state index contributed by atoms with van der Waals surface area (Å²) < 4.78 is 11.8. The Morgan fingerprint density at radius 1 is 1.48 bits per heavy atom. The van der Waals surface area contributed by atoms with Crippen molar-refractivity contribution < 1.29 is 9.47 Å². The Hall–Kier alpha value is -0.630. The van der Waals surface area contributed by atoms with Gasteiger partial charge >= 0.3 is 0 Å². The second kappa shape index (κ2) is 10.3. The zero-order valence-electron chi connectivity index (χ0n) is 13.9. The van der Waals surface area contributed by atoms with Gasteiger partial charge in [-0.3, -0.25) is 0 Å². The SMILES string of the molecule is CCNC(=NCc1ccc(Br)s1)N1CCC(COCCOC)C1. The standard InChI is InChI=1S/C16H26BrN3O2S/c1-3-18-16(19-10-14-4-5-15(17)23-14)20-7-6-13(11-20)12-22-9-8-21-2/h4-5,13H,3,6-12H2,1-2H3,(H,18,19).